The summed E-state index contributed by atoms with van der Waals surface area (Å²) in [5.41, 5.74) is 6.50. The van der Waals surface area contributed by atoms with Crippen molar-refractivity contribution in [1.82, 2.24) is 9.88 Å². The number of rotatable bonds is 4. The number of fused-ring (bicyclic) bond motifs is 4. The van der Waals surface area contributed by atoms with Gasteiger partial charge in [-0.15, -0.1) is 0 Å². The molecule has 3 atom stereocenters. The normalized spacial score (nSPS) is 20.8. The van der Waals surface area contributed by atoms with Gasteiger partial charge in [0.1, 0.15) is 0 Å². The van der Waals surface area contributed by atoms with Gasteiger partial charge in [0.2, 0.25) is 0 Å². The number of carbonyl (C=O) groups is 1. The van der Waals surface area contributed by atoms with Gasteiger partial charge in [-0.25, -0.2) is 0 Å². The average Bonchev–Trinajstić information content (AvgIpc) is 3.51. The molecule has 2 aliphatic rings. The lowest BCUT2D eigenvalue weighted by Crippen LogP contribution is -2.32. The molecule has 1 aromatic heterocycles. The minimum Gasteiger partial charge on any atom is -0.377 e. The minimum atomic E-state index is 0.0429. The molecule has 2 heterocycles. The molecule has 4 heteroatoms. The highest BCUT2D eigenvalue weighted by Gasteiger charge is 2.40. The number of hydrogen-bond donors (Lipinski definition) is 2. The Kier molecular flexibility index (Phi) is 4.79. The van der Waals surface area contributed by atoms with Crippen LogP contribution in [0.25, 0.3) is 10.9 Å². The topological polar surface area (TPSA) is 48.1 Å². The molecule has 1 aliphatic heterocycles. The molecule has 0 bridgehead atoms. The number of H-pyrrole nitrogens is 1. The molecule has 0 radical (unpaired) electrons. The lowest BCUT2D eigenvalue weighted by Gasteiger charge is -2.38. The van der Waals surface area contributed by atoms with Crippen molar-refractivity contribution in [3.05, 3.63) is 113 Å². The van der Waals surface area contributed by atoms with Crippen LogP contribution in [-0.4, -0.2) is 22.8 Å². The number of benzene rings is 3. The van der Waals surface area contributed by atoms with E-state index < -0.39 is 0 Å². The second-order valence-corrected chi connectivity index (χ2v) is 9.18. The van der Waals surface area contributed by atoms with Crippen LogP contribution in [-0.2, 0) is 6.54 Å². The van der Waals surface area contributed by atoms with Gasteiger partial charge in [-0.05, 0) is 41.2 Å². The van der Waals surface area contributed by atoms with Crippen molar-refractivity contribution < 1.29 is 4.79 Å². The average molecular weight is 434 g/mol. The van der Waals surface area contributed by atoms with Gasteiger partial charge in [-0.3, -0.25) is 4.79 Å². The summed E-state index contributed by atoms with van der Waals surface area (Å²) in [4.78, 5) is 18.8. The lowest BCUT2D eigenvalue weighted by molar-refractivity contribution is 0.0785. The third kappa shape index (κ3) is 3.34. The van der Waals surface area contributed by atoms with Crippen LogP contribution in [0.5, 0.6) is 0 Å². The largest absolute Gasteiger partial charge is 0.377 e. The van der Waals surface area contributed by atoms with Crippen LogP contribution >= 0.6 is 0 Å². The summed E-state index contributed by atoms with van der Waals surface area (Å²) in [5.74, 6) is 0.789. The number of aromatic nitrogens is 1. The Morgan fingerprint density at radius 1 is 0.970 bits per heavy atom. The summed E-state index contributed by atoms with van der Waals surface area (Å²) < 4.78 is 0. The molecule has 4 nitrogen and oxygen atoms in total. The highest BCUT2D eigenvalue weighted by atomic mass is 16.2. The maximum Gasteiger partial charge on any atom is 0.256 e. The fourth-order valence-electron chi connectivity index (χ4n) is 5.59. The smallest absolute Gasteiger partial charge is 0.256 e. The van der Waals surface area contributed by atoms with Gasteiger partial charge in [0.15, 0.2) is 0 Å². The quantitative estimate of drug-likeness (QED) is 0.373. The van der Waals surface area contributed by atoms with Crippen LogP contribution < -0.4 is 5.32 Å². The van der Waals surface area contributed by atoms with E-state index in [1.807, 2.05) is 42.3 Å². The number of hydrogen-bond acceptors (Lipinski definition) is 2. The van der Waals surface area contributed by atoms with Gasteiger partial charge in [-0.2, -0.15) is 0 Å². The molecular formula is C29H27N3O. The van der Waals surface area contributed by atoms with E-state index in [0.717, 1.165) is 28.8 Å². The molecule has 0 fully saturated rings. The molecule has 3 aromatic carbocycles. The Bertz CT molecular complexity index is 1350. The molecule has 1 amide bonds. The standard InChI is InChI=1S/C29H27N3O/c1-32(18-19-9-3-2-4-10-19)29(33)24-15-8-14-22-20-12-7-13-23(20)28(31-27(22)24)25-17-30-26-16-6-5-11-21(25)26/h2-12,14-17,20,23,28,30-31H,13,18H2,1H3. The number of carbonyl (C=O) groups excluding carboxylic acids is 1. The van der Waals surface area contributed by atoms with Gasteiger partial charge in [0, 0.05) is 36.6 Å². The van der Waals surface area contributed by atoms with Gasteiger partial charge in [-0.1, -0.05) is 72.8 Å². The first-order valence-corrected chi connectivity index (χ1v) is 11.6. The van der Waals surface area contributed by atoms with E-state index >= 15 is 0 Å². The van der Waals surface area contributed by atoms with E-state index in [4.69, 9.17) is 0 Å². The highest BCUT2D eigenvalue weighted by Crippen LogP contribution is 2.51. The molecule has 0 saturated heterocycles. The van der Waals surface area contributed by atoms with E-state index in [1.54, 1.807) is 0 Å². The van der Waals surface area contributed by atoms with E-state index in [2.05, 4.69) is 71.1 Å². The molecule has 3 unspecified atom stereocenters. The summed E-state index contributed by atoms with van der Waals surface area (Å²) >= 11 is 0. The van der Waals surface area contributed by atoms with Crippen LogP contribution in [0.1, 0.15) is 45.4 Å². The Hall–Kier alpha value is -3.79. The number of anilines is 1. The zero-order valence-electron chi connectivity index (χ0n) is 18.7. The summed E-state index contributed by atoms with van der Waals surface area (Å²) in [7, 11) is 1.88. The van der Waals surface area contributed by atoms with Gasteiger partial charge in [0.25, 0.3) is 5.91 Å². The van der Waals surface area contributed by atoms with Gasteiger partial charge in [0.05, 0.1) is 17.3 Å². The number of para-hydroxylation sites is 2. The Morgan fingerprint density at radius 3 is 2.67 bits per heavy atom. The molecule has 1 aliphatic carbocycles. The lowest BCUT2D eigenvalue weighted by atomic mass is 9.76. The maximum atomic E-state index is 13.6. The number of nitrogens with zero attached hydrogens (tertiary/aromatic N) is 1. The van der Waals surface area contributed by atoms with Crippen molar-refractivity contribution in [2.24, 2.45) is 5.92 Å². The first-order valence-electron chi connectivity index (χ1n) is 11.6. The molecular weight excluding hydrogens is 406 g/mol. The predicted molar refractivity (Wildman–Crippen MR) is 133 cm³/mol. The van der Waals surface area contributed by atoms with E-state index in [0.29, 0.717) is 18.4 Å². The zero-order chi connectivity index (χ0) is 22.4. The van der Waals surface area contributed by atoms with Crippen molar-refractivity contribution >= 4 is 22.5 Å². The fraction of sp³-hybridized carbons (Fsp3) is 0.207. The van der Waals surface area contributed by atoms with Crippen LogP contribution in [0.3, 0.4) is 0 Å². The third-order valence-electron chi connectivity index (χ3n) is 7.19. The Morgan fingerprint density at radius 2 is 1.79 bits per heavy atom. The third-order valence-corrected chi connectivity index (χ3v) is 7.19. The SMILES string of the molecule is CN(Cc1ccccc1)C(=O)c1cccc2c1NC(c1c[nH]c3ccccc13)C1CC=CC21. The van der Waals surface area contributed by atoms with E-state index in [9.17, 15) is 4.79 Å². The molecule has 0 spiro atoms. The van der Waals surface area contributed by atoms with Crippen LogP contribution in [0.15, 0.2) is 91.1 Å². The molecule has 164 valence electrons. The summed E-state index contributed by atoms with van der Waals surface area (Å²) in [6.45, 7) is 0.584. The summed E-state index contributed by atoms with van der Waals surface area (Å²) in [6.07, 6.45) is 7.79. The second-order valence-electron chi connectivity index (χ2n) is 9.18. The number of nitrogens with one attached hydrogen (secondary N) is 2. The second kappa shape index (κ2) is 7.96. The fourth-order valence-corrected chi connectivity index (χ4v) is 5.59. The van der Waals surface area contributed by atoms with Crippen LogP contribution in [0.4, 0.5) is 5.69 Å². The van der Waals surface area contributed by atoms with Crippen molar-refractivity contribution in [3.8, 4) is 0 Å². The predicted octanol–water partition coefficient (Wildman–Crippen LogP) is 6.27. The van der Waals surface area contributed by atoms with Crippen LogP contribution in [0, 0.1) is 5.92 Å². The Balaban J connectivity index is 1.39. The first-order chi connectivity index (χ1) is 16.2. The number of amides is 1. The molecule has 6 rings (SSSR count). The minimum absolute atomic E-state index is 0.0429. The Labute approximate surface area is 193 Å². The van der Waals surface area contributed by atoms with Crippen molar-refractivity contribution in [2.75, 3.05) is 12.4 Å². The molecule has 0 saturated carbocycles. The molecule has 4 aromatic rings. The first kappa shape index (κ1) is 19.9. The monoisotopic (exact) mass is 433 g/mol. The summed E-state index contributed by atoms with van der Waals surface area (Å²) in [6, 6.07) is 24.9. The molecule has 33 heavy (non-hydrogen) atoms. The van der Waals surface area contributed by atoms with E-state index in [1.165, 1.54) is 16.5 Å². The zero-order valence-corrected chi connectivity index (χ0v) is 18.7. The van der Waals surface area contributed by atoms with Crippen molar-refractivity contribution in [2.45, 2.75) is 24.9 Å². The molecule has 2 N–H and O–H groups in total. The maximum absolute atomic E-state index is 13.6. The van der Waals surface area contributed by atoms with Gasteiger partial charge >= 0.3 is 0 Å². The van der Waals surface area contributed by atoms with Crippen molar-refractivity contribution in [1.29, 1.82) is 0 Å². The van der Waals surface area contributed by atoms with Crippen molar-refractivity contribution in [3.63, 3.8) is 0 Å². The van der Waals surface area contributed by atoms with Gasteiger partial charge < -0.3 is 15.2 Å². The number of aromatic amines is 1. The van der Waals surface area contributed by atoms with E-state index in [-0.39, 0.29) is 11.9 Å². The van der Waals surface area contributed by atoms with Crippen LogP contribution in [0.2, 0.25) is 0 Å². The number of allylic oxidation sites excluding steroid dienone is 2. The highest BCUT2D eigenvalue weighted by molar-refractivity contribution is 6.01. The summed E-state index contributed by atoms with van der Waals surface area (Å²) in [5, 5.41) is 5.07.